The first kappa shape index (κ1) is 12.2. The number of benzene rings is 2. The summed E-state index contributed by atoms with van der Waals surface area (Å²) in [6, 6.07) is 14.6. The highest BCUT2D eigenvalue weighted by Crippen LogP contribution is 2.26. The van der Waals surface area contributed by atoms with Crippen molar-refractivity contribution in [3.05, 3.63) is 59.2 Å². The van der Waals surface area contributed by atoms with Crippen LogP contribution in [0.2, 0.25) is 0 Å². The number of nitriles is 1. The molecule has 3 heteroatoms. The van der Waals surface area contributed by atoms with Gasteiger partial charge in [-0.05, 0) is 42.3 Å². The Morgan fingerprint density at radius 3 is 2.50 bits per heavy atom. The van der Waals surface area contributed by atoms with Crippen LogP contribution in [-0.4, -0.2) is 5.11 Å². The summed E-state index contributed by atoms with van der Waals surface area (Å²) in [6.45, 7) is 1.95. The molecule has 90 valence electrons. The molecular formula is C15H13NO2. The molecule has 0 fully saturated rings. The first-order valence-corrected chi connectivity index (χ1v) is 5.61. The van der Waals surface area contributed by atoms with Crippen LogP contribution in [0.25, 0.3) is 0 Å². The third kappa shape index (κ3) is 2.68. The number of aliphatic hydroxyl groups excluding tert-OH is 1. The fourth-order valence-electron chi connectivity index (χ4n) is 1.57. The third-order valence-electron chi connectivity index (χ3n) is 2.65. The van der Waals surface area contributed by atoms with Gasteiger partial charge in [-0.3, -0.25) is 0 Å². The quantitative estimate of drug-likeness (QED) is 0.895. The average Bonchev–Trinajstić information content (AvgIpc) is 2.42. The highest BCUT2D eigenvalue weighted by atomic mass is 16.5. The van der Waals surface area contributed by atoms with E-state index >= 15 is 0 Å². The second-order valence-electron chi connectivity index (χ2n) is 4.00. The van der Waals surface area contributed by atoms with Gasteiger partial charge in [0.1, 0.15) is 11.5 Å². The van der Waals surface area contributed by atoms with Gasteiger partial charge in [0.15, 0.2) is 0 Å². The molecule has 0 saturated heterocycles. The third-order valence-corrected chi connectivity index (χ3v) is 2.65. The van der Waals surface area contributed by atoms with Gasteiger partial charge in [0.25, 0.3) is 0 Å². The van der Waals surface area contributed by atoms with Crippen molar-refractivity contribution in [3.63, 3.8) is 0 Å². The van der Waals surface area contributed by atoms with Crippen molar-refractivity contribution < 1.29 is 9.84 Å². The summed E-state index contributed by atoms with van der Waals surface area (Å²) in [6.07, 6.45) is 0. The number of aliphatic hydroxyl groups is 1. The van der Waals surface area contributed by atoms with Gasteiger partial charge in [0, 0.05) is 0 Å². The zero-order valence-electron chi connectivity index (χ0n) is 10.1. The van der Waals surface area contributed by atoms with Crippen LogP contribution >= 0.6 is 0 Å². The summed E-state index contributed by atoms with van der Waals surface area (Å²) in [4.78, 5) is 0. The second-order valence-corrected chi connectivity index (χ2v) is 4.00. The lowest BCUT2D eigenvalue weighted by Gasteiger charge is -2.09. The summed E-state index contributed by atoms with van der Waals surface area (Å²) in [5, 5.41) is 17.8. The van der Waals surface area contributed by atoms with Crippen LogP contribution in [0.5, 0.6) is 11.5 Å². The van der Waals surface area contributed by atoms with E-state index in [0.717, 1.165) is 11.1 Å². The van der Waals surface area contributed by atoms with Crippen LogP contribution in [0.3, 0.4) is 0 Å². The lowest BCUT2D eigenvalue weighted by atomic mass is 10.1. The summed E-state index contributed by atoms with van der Waals surface area (Å²) < 4.78 is 5.72. The van der Waals surface area contributed by atoms with Gasteiger partial charge in [-0.25, -0.2) is 0 Å². The minimum Gasteiger partial charge on any atom is -0.457 e. The van der Waals surface area contributed by atoms with Crippen molar-refractivity contribution in [1.82, 2.24) is 0 Å². The van der Waals surface area contributed by atoms with E-state index in [4.69, 9.17) is 15.1 Å². The number of hydrogen-bond donors (Lipinski definition) is 1. The van der Waals surface area contributed by atoms with E-state index in [2.05, 4.69) is 6.07 Å². The molecule has 3 nitrogen and oxygen atoms in total. The van der Waals surface area contributed by atoms with Gasteiger partial charge in [0.2, 0.25) is 0 Å². The largest absolute Gasteiger partial charge is 0.457 e. The molecule has 2 aromatic rings. The number of nitrogens with zero attached hydrogens (tertiary/aromatic N) is 1. The summed E-state index contributed by atoms with van der Waals surface area (Å²) in [5.41, 5.74) is 2.38. The Labute approximate surface area is 106 Å². The molecule has 2 rings (SSSR count). The Hall–Kier alpha value is -2.31. The SMILES string of the molecule is Cc1ccc(C#N)cc1Oc1ccc(CO)cc1. The molecule has 0 heterocycles. The zero-order valence-corrected chi connectivity index (χ0v) is 10.1. The van der Waals surface area contributed by atoms with E-state index in [1.54, 1.807) is 36.4 Å². The van der Waals surface area contributed by atoms with Gasteiger partial charge >= 0.3 is 0 Å². The molecule has 0 amide bonds. The van der Waals surface area contributed by atoms with Crippen LogP contribution in [0.15, 0.2) is 42.5 Å². The molecule has 0 bridgehead atoms. The maximum absolute atomic E-state index is 8.95. The predicted octanol–water partition coefficient (Wildman–Crippen LogP) is 3.15. The molecular weight excluding hydrogens is 226 g/mol. The Bertz CT molecular complexity index is 582. The van der Waals surface area contributed by atoms with E-state index in [0.29, 0.717) is 17.1 Å². The van der Waals surface area contributed by atoms with Crippen molar-refractivity contribution in [2.24, 2.45) is 0 Å². The normalized spacial score (nSPS) is 9.83. The van der Waals surface area contributed by atoms with Crippen molar-refractivity contribution in [2.45, 2.75) is 13.5 Å². The number of ether oxygens (including phenoxy) is 1. The van der Waals surface area contributed by atoms with E-state index < -0.39 is 0 Å². The molecule has 0 spiro atoms. The number of rotatable bonds is 3. The fraction of sp³-hybridized carbons (Fsp3) is 0.133. The van der Waals surface area contributed by atoms with Gasteiger partial charge in [-0.15, -0.1) is 0 Å². The van der Waals surface area contributed by atoms with E-state index in [9.17, 15) is 0 Å². The van der Waals surface area contributed by atoms with Crippen LogP contribution < -0.4 is 4.74 Å². The Kier molecular flexibility index (Phi) is 3.61. The maximum atomic E-state index is 8.95. The van der Waals surface area contributed by atoms with Crippen molar-refractivity contribution in [2.75, 3.05) is 0 Å². The minimum atomic E-state index is 0.0171. The smallest absolute Gasteiger partial charge is 0.131 e. The molecule has 2 aromatic carbocycles. The van der Waals surface area contributed by atoms with Gasteiger partial charge < -0.3 is 9.84 Å². The van der Waals surface area contributed by atoms with E-state index in [-0.39, 0.29) is 6.61 Å². The van der Waals surface area contributed by atoms with Crippen LogP contribution in [0, 0.1) is 18.3 Å². The van der Waals surface area contributed by atoms with E-state index in [1.807, 2.05) is 13.0 Å². The van der Waals surface area contributed by atoms with Crippen LogP contribution in [-0.2, 0) is 6.61 Å². The molecule has 0 saturated carbocycles. The van der Waals surface area contributed by atoms with Gasteiger partial charge in [-0.1, -0.05) is 18.2 Å². The highest BCUT2D eigenvalue weighted by Gasteiger charge is 2.03. The first-order chi connectivity index (χ1) is 8.72. The lowest BCUT2D eigenvalue weighted by Crippen LogP contribution is -1.89. The average molecular weight is 239 g/mol. The highest BCUT2D eigenvalue weighted by molar-refractivity contribution is 5.44. The van der Waals surface area contributed by atoms with Crippen molar-refractivity contribution in [1.29, 1.82) is 5.26 Å². The fourth-order valence-corrected chi connectivity index (χ4v) is 1.57. The molecule has 1 N–H and O–H groups in total. The standard InChI is InChI=1S/C15H13NO2/c1-11-2-3-13(9-16)8-15(11)18-14-6-4-12(10-17)5-7-14/h2-8,17H,10H2,1H3. The molecule has 0 radical (unpaired) electrons. The minimum absolute atomic E-state index is 0.0171. The molecule has 0 aromatic heterocycles. The molecule has 18 heavy (non-hydrogen) atoms. The predicted molar refractivity (Wildman–Crippen MR) is 68.3 cm³/mol. The topological polar surface area (TPSA) is 53.2 Å². The first-order valence-electron chi connectivity index (χ1n) is 5.61. The summed E-state index contributed by atoms with van der Waals surface area (Å²) in [7, 11) is 0. The van der Waals surface area contributed by atoms with Gasteiger partial charge in [-0.2, -0.15) is 5.26 Å². The molecule has 0 atom stereocenters. The Balaban J connectivity index is 2.25. The zero-order chi connectivity index (χ0) is 13.0. The van der Waals surface area contributed by atoms with E-state index in [1.165, 1.54) is 0 Å². The lowest BCUT2D eigenvalue weighted by molar-refractivity contribution is 0.281. The second kappa shape index (κ2) is 5.35. The van der Waals surface area contributed by atoms with Gasteiger partial charge in [0.05, 0.1) is 18.2 Å². The van der Waals surface area contributed by atoms with Crippen molar-refractivity contribution in [3.8, 4) is 17.6 Å². The molecule has 0 aliphatic heterocycles. The summed E-state index contributed by atoms with van der Waals surface area (Å²) >= 11 is 0. The molecule has 0 aliphatic rings. The summed E-state index contributed by atoms with van der Waals surface area (Å²) in [5.74, 6) is 1.36. The van der Waals surface area contributed by atoms with Crippen LogP contribution in [0.4, 0.5) is 0 Å². The Morgan fingerprint density at radius 2 is 1.89 bits per heavy atom. The number of aryl methyl sites for hydroxylation is 1. The maximum Gasteiger partial charge on any atom is 0.131 e. The Morgan fingerprint density at radius 1 is 1.17 bits per heavy atom. The molecule has 0 unspecified atom stereocenters. The van der Waals surface area contributed by atoms with Crippen molar-refractivity contribution >= 4 is 0 Å². The monoisotopic (exact) mass is 239 g/mol. The van der Waals surface area contributed by atoms with Crippen LogP contribution in [0.1, 0.15) is 16.7 Å². The number of hydrogen-bond acceptors (Lipinski definition) is 3. The molecule has 0 aliphatic carbocycles.